The van der Waals surface area contributed by atoms with Crippen molar-refractivity contribution in [2.45, 2.75) is 13.8 Å². The Morgan fingerprint density at radius 3 is 1.69 bits per heavy atom. The van der Waals surface area contributed by atoms with Gasteiger partial charge in [-0.25, -0.2) is 4.85 Å². The van der Waals surface area contributed by atoms with E-state index in [-0.39, 0.29) is 0 Å². The van der Waals surface area contributed by atoms with E-state index in [1.165, 1.54) is 32.7 Å². The van der Waals surface area contributed by atoms with Crippen molar-refractivity contribution in [1.29, 1.82) is 0 Å². The van der Waals surface area contributed by atoms with Crippen LogP contribution in [0, 0.1) is 20.4 Å². The molecule has 8 aromatic rings. The summed E-state index contributed by atoms with van der Waals surface area (Å²) in [7, 11) is 0. The molecule has 0 aliphatic carbocycles. The van der Waals surface area contributed by atoms with Gasteiger partial charge in [0.1, 0.15) is 0 Å². The third kappa shape index (κ3) is 3.51. The molecule has 8 rings (SSSR count). The summed E-state index contributed by atoms with van der Waals surface area (Å²) in [5.74, 6) is 0. The van der Waals surface area contributed by atoms with E-state index in [0.29, 0.717) is 5.69 Å². The molecule has 0 N–H and O–H groups in total. The lowest BCUT2D eigenvalue weighted by molar-refractivity contribution is 1.14. The summed E-state index contributed by atoms with van der Waals surface area (Å²) in [6, 6.07) is 38.5. The van der Waals surface area contributed by atoms with Gasteiger partial charge in [-0.1, -0.05) is 65.7 Å². The van der Waals surface area contributed by atoms with Gasteiger partial charge in [-0.05, 0) is 74.0 Å². The molecule has 42 heavy (non-hydrogen) atoms. The predicted molar refractivity (Wildman–Crippen MR) is 174 cm³/mol. The van der Waals surface area contributed by atoms with Crippen LogP contribution in [-0.4, -0.2) is 14.1 Å². The zero-order valence-corrected chi connectivity index (χ0v) is 23.3. The second-order valence-corrected chi connectivity index (χ2v) is 11.0. The van der Waals surface area contributed by atoms with Crippen LogP contribution < -0.4 is 0 Å². The van der Waals surface area contributed by atoms with Crippen LogP contribution in [-0.2, 0) is 0 Å². The fourth-order valence-electron chi connectivity index (χ4n) is 6.49. The van der Waals surface area contributed by atoms with E-state index in [0.717, 1.165) is 44.6 Å². The molecule has 0 aliphatic heterocycles. The number of pyridine rings is 1. The second kappa shape index (κ2) is 9.19. The van der Waals surface area contributed by atoms with Gasteiger partial charge in [-0.2, -0.15) is 0 Å². The zero-order valence-electron chi connectivity index (χ0n) is 23.3. The van der Waals surface area contributed by atoms with Crippen molar-refractivity contribution in [1.82, 2.24) is 14.1 Å². The Hall–Kier alpha value is -5.66. The SMILES string of the molecule is [C-]#[N+]c1ccc(-n2c3ccccc3c3cc(C)ccc32)c(-c2cnccc2-n2c3ccccc3c3cc(C)ccc32)c1. The molecule has 5 aromatic carbocycles. The molecule has 0 unspecified atom stereocenters. The smallest absolute Gasteiger partial charge is 0.188 e. The monoisotopic (exact) mass is 538 g/mol. The first-order chi connectivity index (χ1) is 20.6. The highest BCUT2D eigenvalue weighted by atomic mass is 15.0. The van der Waals surface area contributed by atoms with Gasteiger partial charge in [0, 0.05) is 39.5 Å². The minimum atomic E-state index is 0.595. The van der Waals surface area contributed by atoms with Crippen molar-refractivity contribution in [3.05, 3.63) is 144 Å². The van der Waals surface area contributed by atoms with Crippen molar-refractivity contribution in [3.63, 3.8) is 0 Å². The lowest BCUT2D eigenvalue weighted by Crippen LogP contribution is -2.02. The van der Waals surface area contributed by atoms with Crippen molar-refractivity contribution < 1.29 is 0 Å². The number of fused-ring (bicyclic) bond motifs is 6. The highest BCUT2D eigenvalue weighted by Gasteiger charge is 2.20. The third-order valence-electron chi connectivity index (χ3n) is 8.34. The Morgan fingerprint density at radius 1 is 0.548 bits per heavy atom. The first kappa shape index (κ1) is 24.2. The van der Waals surface area contributed by atoms with E-state index in [9.17, 15) is 0 Å². The minimum Gasteiger partial charge on any atom is -0.309 e. The maximum atomic E-state index is 7.86. The number of hydrogen-bond acceptors (Lipinski definition) is 1. The van der Waals surface area contributed by atoms with E-state index >= 15 is 0 Å². The summed E-state index contributed by atoms with van der Waals surface area (Å²) >= 11 is 0. The molecule has 3 aromatic heterocycles. The van der Waals surface area contributed by atoms with Crippen molar-refractivity contribution >= 4 is 49.3 Å². The average molecular weight is 539 g/mol. The van der Waals surface area contributed by atoms with Gasteiger partial charge in [-0.3, -0.25) is 4.98 Å². The summed E-state index contributed by atoms with van der Waals surface area (Å²) in [6.45, 7) is 12.1. The van der Waals surface area contributed by atoms with Gasteiger partial charge >= 0.3 is 0 Å². The van der Waals surface area contributed by atoms with E-state index in [1.54, 1.807) is 0 Å². The lowest BCUT2D eigenvalue weighted by atomic mass is 10.0. The molecule has 198 valence electrons. The number of nitrogens with zero attached hydrogens (tertiary/aromatic N) is 4. The number of para-hydroxylation sites is 2. The Kier molecular flexibility index (Phi) is 5.29. The van der Waals surface area contributed by atoms with Gasteiger partial charge < -0.3 is 9.13 Å². The van der Waals surface area contributed by atoms with Crippen LogP contribution in [0.5, 0.6) is 0 Å². The van der Waals surface area contributed by atoms with Gasteiger partial charge in [0.25, 0.3) is 0 Å². The number of hydrogen-bond donors (Lipinski definition) is 0. The molecule has 0 radical (unpaired) electrons. The molecule has 0 saturated carbocycles. The quantitative estimate of drug-likeness (QED) is 0.206. The number of aryl methyl sites for hydroxylation is 2. The van der Waals surface area contributed by atoms with Crippen molar-refractivity contribution in [3.8, 4) is 22.5 Å². The van der Waals surface area contributed by atoms with Crippen molar-refractivity contribution in [2.75, 3.05) is 0 Å². The number of benzene rings is 5. The predicted octanol–water partition coefficient (Wildman–Crippen LogP) is 10.1. The normalized spacial score (nSPS) is 11.5. The van der Waals surface area contributed by atoms with Crippen LogP contribution in [0.3, 0.4) is 0 Å². The van der Waals surface area contributed by atoms with Crippen LogP contribution in [0.1, 0.15) is 11.1 Å². The highest BCUT2D eigenvalue weighted by molar-refractivity contribution is 6.11. The van der Waals surface area contributed by atoms with Gasteiger partial charge in [-0.15, -0.1) is 0 Å². The highest BCUT2D eigenvalue weighted by Crippen LogP contribution is 2.41. The first-order valence-electron chi connectivity index (χ1n) is 14.1. The molecular weight excluding hydrogens is 512 g/mol. The van der Waals surface area contributed by atoms with Gasteiger partial charge in [0.2, 0.25) is 0 Å². The minimum absolute atomic E-state index is 0.595. The van der Waals surface area contributed by atoms with E-state index in [1.807, 2.05) is 24.5 Å². The standard InChI is InChI=1S/C38H26N4/c1-24-12-15-35-29(20-24)27-8-4-6-10-33(27)41(35)37-17-14-26(39-3)22-31(37)32-23-40-19-18-38(32)42-34-11-7-5-9-28(34)30-21-25(2)13-16-36(30)42/h4-23H,1-2H3. The zero-order chi connectivity index (χ0) is 28.4. The van der Waals surface area contributed by atoms with Crippen LogP contribution >= 0.6 is 0 Å². The van der Waals surface area contributed by atoms with Crippen LogP contribution in [0.15, 0.2) is 122 Å². The second-order valence-electron chi connectivity index (χ2n) is 11.0. The summed E-state index contributed by atoms with van der Waals surface area (Å²) in [5.41, 5.74) is 11.6. The van der Waals surface area contributed by atoms with Gasteiger partial charge in [0.15, 0.2) is 5.69 Å². The number of rotatable bonds is 3. The fraction of sp³-hybridized carbons (Fsp3) is 0.0526. The summed E-state index contributed by atoms with van der Waals surface area (Å²) in [4.78, 5) is 8.45. The summed E-state index contributed by atoms with van der Waals surface area (Å²) in [5, 5.41) is 4.86. The Labute approximate surface area is 243 Å². The fourth-order valence-corrected chi connectivity index (χ4v) is 6.49. The van der Waals surface area contributed by atoms with E-state index in [2.05, 4.69) is 130 Å². The van der Waals surface area contributed by atoms with E-state index < -0.39 is 0 Å². The summed E-state index contributed by atoms with van der Waals surface area (Å²) < 4.78 is 4.67. The first-order valence-corrected chi connectivity index (χ1v) is 14.1. The van der Waals surface area contributed by atoms with Gasteiger partial charge in [0.05, 0.1) is 40.0 Å². The molecule has 0 fully saturated rings. The third-order valence-corrected chi connectivity index (χ3v) is 8.34. The maximum absolute atomic E-state index is 7.86. The molecule has 0 spiro atoms. The molecule has 0 bridgehead atoms. The van der Waals surface area contributed by atoms with Crippen LogP contribution in [0.4, 0.5) is 5.69 Å². The van der Waals surface area contributed by atoms with E-state index in [4.69, 9.17) is 6.57 Å². The Morgan fingerprint density at radius 2 is 1.10 bits per heavy atom. The molecular formula is C38H26N4. The molecule has 0 saturated heterocycles. The average Bonchev–Trinajstić information content (AvgIpc) is 3.53. The van der Waals surface area contributed by atoms with Crippen LogP contribution in [0.25, 0.3) is 71.0 Å². The number of aromatic nitrogens is 3. The van der Waals surface area contributed by atoms with Crippen molar-refractivity contribution in [2.24, 2.45) is 0 Å². The molecule has 0 atom stereocenters. The summed E-state index contributed by atoms with van der Waals surface area (Å²) in [6.07, 6.45) is 3.80. The molecule has 0 amide bonds. The Bertz CT molecular complexity index is 2400. The molecule has 4 nitrogen and oxygen atoms in total. The maximum Gasteiger partial charge on any atom is 0.188 e. The molecule has 3 heterocycles. The molecule has 0 aliphatic rings. The topological polar surface area (TPSA) is 27.1 Å². The molecule has 4 heteroatoms. The van der Waals surface area contributed by atoms with Crippen LogP contribution in [0.2, 0.25) is 0 Å². The largest absolute Gasteiger partial charge is 0.309 e. The Balaban J connectivity index is 1.49. The lowest BCUT2D eigenvalue weighted by Gasteiger charge is -2.18.